The van der Waals surface area contributed by atoms with Crippen molar-refractivity contribution in [3.05, 3.63) is 69.2 Å². The van der Waals surface area contributed by atoms with Gasteiger partial charge in [0.2, 0.25) is 0 Å². The molecule has 0 unspecified atom stereocenters. The predicted molar refractivity (Wildman–Crippen MR) is 93.9 cm³/mol. The minimum Gasteiger partial charge on any atom is -0.362 e. The van der Waals surface area contributed by atoms with Gasteiger partial charge in [0.15, 0.2) is 0 Å². The number of aliphatic hydroxyl groups is 1. The van der Waals surface area contributed by atoms with Gasteiger partial charge in [-0.05, 0) is 42.0 Å². The molecular formula is C17H11BrClF3N2O2. The van der Waals surface area contributed by atoms with E-state index in [9.17, 15) is 23.1 Å². The van der Waals surface area contributed by atoms with Gasteiger partial charge in [0.25, 0.3) is 11.6 Å². The number of halogens is 5. The molecule has 0 aliphatic carbocycles. The zero-order chi connectivity index (χ0) is 19.1. The molecule has 9 heteroatoms. The first kappa shape index (κ1) is 18.9. The van der Waals surface area contributed by atoms with E-state index in [1.54, 1.807) is 24.3 Å². The number of carbonyl (C=O) groups is 1. The van der Waals surface area contributed by atoms with E-state index in [2.05, 4.69) is 21.0 Å². The first-order chi connectivity index (χ1) is 12.1. The summed E-state index contributed by atoms with van der Waals surface area (Å²) in [5.41, 5.74) is -3.16. The number of nitrogens with zero attached hydrogens (tertiary/aromatic N) is 2. The highest BCUT2D eigenvalue weighted by atomic mass is 79.9. The van der Waals surface area contributed by atoms with Crippen LogP contribution in [-0.2, 0) is 0 Å². The topological polar surface area (TPSA) is 52.9 Å². The predicted octanol–water partition coefficient (Wildman–Crippen LogP) is 4.60. The molecule has 0 fully saturated rings. The molecule has 1 N–H and O–H groups in total. The Bertz CT molecular complexity index is 869. The van der Waals surface area contributed by atoms with Crippen LogP contribution in [0.25, 0.3) is 0 Å². The zero-order valence-corrected chi connectivity index (χ0v) is 15.3. The number of hydrazone groups is 1. The van der Waals surface area contributed by atoms with Gasteiger partial charge in [-0.2, -0.15) is 23.3 Å². The van der Waals surface area contributed by atoms with Crippen LogP contribution in [0.15, 0.2) is 58.1 Å². The first-order valence-electron chi connectivity index (χ1n) is 7.34. The molecule has 0 radical (unpaired) electrons. The van der Waals surface area contributed by atoms with Gasteiger partial charge < -0.3 is 5.11 Å². The van der Waals surface area contributed by atoms with Gasteiger partial charge in [0.05, 0.1) is 12.1 Å². The second-order valence-electron chi connectivity index (χ2n) is 5.67. The van der Waals surface area contributed by atoms with Gasteiger partial charge in [-0.15, -0.1) is 0 Å². The molecule has 0 saturated heterocycles. The lowest BCUT2D eigenvalue weighted by Gasteiger charge is -2.32. The van der Waals surface area contributed by atoms with Crippen LogP contribution in [0.5, 0.6) is 0 Å². The summed E-state index contributed by atoms with van der Waals surface area (Å²) < 4.78 is 41.4. The van der Waals surface area contributed by atoms with Crippen LogP contribution in [-0.4, -0.2) is 33.6 Å². The summed E-state index contributed by atoms with van der Waals surface area (Å²) in [6.45, 7) is 0. The molecule has 2 aromatic rings. The van der Waals surface area contributed by atoms with Crippen molar-refractivity contribution in [2.24, 2.45) is 5.10 Å². The molecule has 1 aliphatic rings. The van der Waals surface area contributed by atoms with Gasteiger partial charge in [0, 0.05) is 15.1 Å². The van der Waals surface area contributed by atoms with Crippen LogP contribution < -0.4 is 0 Å². The van der Waals surface area contributed by atoms with E-state index < -0.39 is 24.2 Å². The van der Waals surface area contributed by atoms with Crippen LogP contribution in [0.1, 0.15) is 22.3 Å². The minimum absolute atomic E-state index is 0.0420. The normalized spacial score (nSPS) is 20.2. The summed E-state index contributed by atoms with van der Waals surface area (Å²) in [4.78, 5) is 12.6. The summed E-state index contributed by atoms with van der Waals surface area (Å²) in [6.07, 6.45) is -5.95. The number of carbonyl (C=O) groups excluding carboxylic acids is 1. The van der Waals surface area contributed by atoms with Crippen molar-refractivity contribution < 1.29 is 23.1 Å². The first-order valence-corrected chi connectivity index (χ1v) is 8.51. The Kier molecular flexibility index (Phi) is 4.85. The van der Waals surface area contributed by atoms with Gasteiger partial charge in [-0.3, -0.25) is 4.79 Å². The number of rotatable bonds is 2. The molecule has 0 aromatic heterocycles. The summed E-state index contributed by atoms with van der Waals surface area (Å²) in [5, 5.41) is 14.5. The number of amides is 1. The van der Waals surface area contributed by atoms with E-state index >= 15 is 0 Å². The molecule has 1 amide bonds. The lowest BCUT2D eigenvalue weighted by Crippen LogP contribution is -2.56. The zero-order valence-electron chi connectivity index (χ0n) is 13.0. The Hall–Kier alpha value is -1.90. The highest BCUT2D eigenvalue weighted by molar-refractivity contribution is 9.10. The van der Waals surface area contributed by atoms with Crippen LogP contribution >= 0.6 is 27.5 Å². The quantitative estimate of drug-likeness (QED) is 0.731. The molecule has 3 rings (SSSR count). The van der Waals surface area contributed by atoms with E-state index in [-0.39, 0.29) is 16.3 Å². The van der Waals surface area contributed by atoms with Gasteiger partial charge in [0.1, 0.15) is 0 Å². The van der Waals surface area contributed by atoms with E-state index in [4.69, 9.17) is 11.6 Å². The van der Waals surface area contributed by atoms with E-state index in [1.165, 1.54) is 24.3 Å². The third-order valence-electron chi connectivity index (χ3n) is 3.90. The average Bonchev–Trinajstić information content (AvgIpc) is 2.94. The number of benzene rings is 2. The molecule has 0 bridgehead atoms. The molecular weight excluding hydrogens is 437 g/mol. The highest BCUT2D eigenvalue weighted by Gasteiger charge is 2.63. The maximum Gasteiger partial charge on any atom is 0.438 e. The smallest absolute Gasteiger partial charge is 0.362 e. The minimum atomic E-state index is -5.09. The summed E-state index contributed by atoms with van der Waals surface area (Å²) >= 11 is 8.97. The van der Waals surface area contributed by atoms with E-state index in [0.717, 1.165) is 4.47 Å². The maximum absolute atomic E-state index is 13.5. The Labute approximate surface area is 160 Å². The molecule has 1 atom stereocenters. The largest absolute Gasteiger partial charge is 0.438 e. The van der Waals surface area contributed by atoms with Crippen molar-refractivity contribution in [2.45, 2.75) is 18.3 Å². The Morgan fingerprint density at radius 2 is 1.73 bits per heavy atom. The molecule has 4 nitrogen and oxygen atoms in total. The molecule has 0 spiro atoms. The summed E-state index contributed by atoms with van der Waals surface area (Å²) in [7, 11) is 0. The van der Waals surface area contributed by atoms with Crippen molar-refractivity contribution in [1.82, 2.24) is 5.01 Å². The molecule has 0 saturated carbocycles. The van der Waals surface area contributed by atoms with Crippen LogP contribution in [0.3, 0.4) is 0 Å². The van der Waals surface area contributed by atoms with Crippen LogP contribution in [0.2, 0.25) is 5.02 Å². The Morgan fingerprint density at radius 3 is 2.27 bits per heavy atom. The van der Waals surface area contributed by atoms with Gasteiger partial charge in [-0.1, -0.05) is 39.7 Å². The number of alkyl halides is 3. The molecule has 1 aliphatic heterocycles. The van der Waals surface area contributed by atoms with Crippen molar-refractivity contribution in [1.29, 1.82) is 0 Å². The van der Waals surface area contributed by atoms with Gasteiger partial charge >= 0.3 is 6.18 Å². The highest BCUT2D eigenvalue weighted by Crippen LogP contribution is 2.42. The van der Waals surface area contributed by atoms with Crippen molar-refractivity contribution >= 4 is 39.1 Å². The fraction of sp³-hybridized carbons (Fsp3) is 0.176. The summed E-state index contributed by atoms with van der Waals surface area (Å²) in [6, 6.07) is 11.7. The third kappa shape index (κ3) is 3.36. The number of hydrogen-bond acceptors (Lipinski definition) is 3. The van der Waals surface area contributed by atoms with Crippen LogP contribution in [0, 0.1) is 0 Å². The van der Waals surface area contributed by atoms with Crippen molar-refractivity contribution in [3.63, 3.8) is 0 Å². The number of hydrogen-bond donors (Lipinski definition) is 1. The van der Waals surface area contributed by atoms with Crippen molar-refractivity contribution in [2.75, 3.05) is 0 Å². The molecule has 2 aromatic carbocycles. The Balaban J connectivity index is 2.03. The Morgan fingerprint density at radius 1 is 1.15 bits per heavy atom. The average molecular weight is 448 g/mol. The van der Waals surface area contributed by atoms with E-state index in [1.807, 2.05) is 0 Å². The monoisotopic (exact) mass is 446 g/mol. The molecule has 136 valence electrons. The fourth-order valence-electron chi connectivity index (χ4n) is 2.50. The maximum atomic E-state index is 13.5. The standard InChI is InChI=1S/C17H11BrClF3N2O2/c18-12-5-1-10(2-6-12)14-9-16(26,17(20,21)22)24(23-14)15(25)11-3-7-13(19)8-4-11/h1-8,26H,9H2/t16-/m0/s1. The van der Waals surface area contributed by atoms with E-state index in [0.29, 0.717) is 10.6 Å². The lowest BCUT2D eigenvalue weighted by atomic mass is 10.0. The molecule has 26 heavy (non-hydrogen) atoms. The van der Waals surface area contributed by atoms with Crippen molar-refractivity contribution in [3.8, 4) is 0 Å². The summed E-state index contributed by atoms with van der Waals surface area (Å²) in [5.74, 6) is -1.08. The lowest BCUT2D eigenvalue weighted by molar-refractivity contribution is -0.297. The van der Waals surface area contributed by atoms with Crippen LogP contribution in [0.4, 0.5) is 13.2 Å². The molecule has 1 heterocycles. The third-order valence-corrected chi connectivity index (χ3v) is 4.68. The second kappa shape index (κ2) is 6.68. The second-order valence-corrected chi connectivity index (χ2v) is 7.02. The SMILES string of the molecule is O=C(c1ccc(Cl)cc1)N1N=C(c2ccc(Br)cc2)C[C@]1(O)C(F)(F)F. The fourth-order valence-corrected chi connectivity index (χ4v) is 2.89. The van der Waals surface area contributed by atoms with Gasteiger partial charge in [-0.25, -0.2) is 0 Å².